The molecule has 1 aromatic carbocycles. The molecule has 0 bridgehead atoms. The summed E-state index contributed by atoms with van der Waals surface area (Å²) in [4.78, 5) is 4.09. The highest BCUT2D eigenvalue weighted by Crippen LogP contribution is 2.33. The van der Waals surface area contributed by atoms with Crippen LogP contribution in [0.4, 0.5) is 17.6 Å². The Morgan fingerprint density at radius 1 is 1.20 bits per heavy atom. The van der Waals surface area contributed by atoms with Gasteiger partial charge in [0.25, 0.3) is 0 Å². The van der Waals surface area contributed by atoms with Crippen LogP contribution in [0.2, 0.25) is 0 Å². The van der Waals surface area contributed by atoms with Crippen LogP contribution in [0.1, 0.15) is 31.3 Å². The maximum Gasteiger partial charge on any atom is 0.416 e. The Morgan fingerprint density at radius 2 is 1.85 bits per heavy atom. The van der Waals surface area contributed by atoms with Crippen LogP contribution in [0, 0.1) is 5.82 Å². The van der Waals surface area contributed by atoms with E-state index in [9.17, 15) is 17.6 Å². The van der Waals surface area contributed by atoms with E-state index in [1.165, 1.54) is 11.3 Å². The van der Waals surface area contributed by atoms with Gasteiger partial charge in [-0.05, 0) is 24.6 Å². The monoisotopic (exact) mass is 305 g/mol. The maximum atomic E-state index is 13.6. The van der Waals surface area contributed by atoms with Crippen LogP contribution in [-0.2, 0) is 12.6 Å². The first-order chi connectivity index (χ1) is 9.41. The highest BCUT2D eigenvalue weighted by molar-refractivity contribution is 7.09. The average Bonchev–Trinajstić information content (AvgIpc) is 2.89. The van der Waals surface area contributed by atoms with E-state index in [2.05, 4.69) is 4.98 Å². The van der Waals surface area contributed by atoms with Gasteiger partial charge in [0.05, 0.1) is 16.3 Å². The predicted octanol–water partition coefficient (Wildman–Crippen LogP) is 5.56. The number of benzene rings is 1. The molecule has 0 aliphatic rings. The second-order valence-corrected chi connectivity index (χ2v) is 4.62. The van der Waals surface area contributed by atoms with Crippen LogP contribution in [0.3, 0.4) is 0 Å². The van der Waals surface area contributed by atoms with Crippen molar-refractivity contribution in [1.82, 2.24) is 4.98 Å². The lowest BCUT2D eigenvalue weighted by atomic mass is 10.1. The van der Waals surface area contributed by atoms with E-state index >= 15 is 0 Å². The molecule has 1 aromatic heterocycles. The van der Waals surface area contributed by atoms with Crippen molar-refractivity contribution >= 4 is 11.3 Å². The third kappa shape index (κ3) is 3.79. The Labute approximate surface area is 119 Å². The Kier molecular flexibility index (Phi) is 5.68. The molecule has 0 unspecified atom stereocenters. The molecule has 0 N–H and O–H groups in total. The summed E-state index contributed by atoms with van der Waals surface area (Å²) < 4.78 is 51.2. The summed E-state index contributed by atoms with van der Waals surface area (Å²) in [5.41, 5.74) is -0.730. The van der Waals surface area contributed by atoms with Gasteiger partial charge in [-0.15, -0.1) is 11.3 Å². The van der Waals surface area contributed by atoms with Crippen molar-refractivity contribution in [3.05, 3.63) is 40.0 Å². The van der Waals surface area contributed by atoms with Crippen LogP contribution in [0.25, 0.3) is 11.3 Å². The molecule has 0 saturated carbocycles. The molecule has 1 heterocycles. The molecule has 2 rings (SSSR count). The van der Waals surface area contributed by atoms with E-state index in [1.807, 2.05) is 20.8 Å². The number of hydrogen-bond acceptors (Lipinski definition) is 2. The first-order valence-electron chi connectivity index (χ1n) is 6.23. The summed E-state index contributed by atoms with van der Waals surface area (Å²) >= 11 is 1.31. The van der Waals surface area contributed by atoms with Gasteiger partial charge in [-0.3, -0.25) is 0 Å². The fraction of sp³-hybridized carbons (Fsp3) is 0.357. The third-order valence-electron chi connectivity index (χ3n) is 2.42. The van der Waals surface area contributed by atoms with Crippen LogP contribution >= 0.6 is 11.3 Å². The Morgan fingerprint density at radius 3 is 2.35 bits per heavy atom. The summed E-state index contributed by atoms with van der Waals surface area (Å²) in [6.07, 6.45) is -3.81. The van der Waals surface area contributed by atoms with Gasteiger partial charge in [-0.2, -0.15) is 13.2 Å². The SMILES string of the molecule is CC.CCc1nc(-c2cc(C(F)(F)F)ccc2F)cs1. The van der Waals surface area contributed by atoms with Gasteiger partial charge in [-0.1, -0.05) is 20.8 Å². The Balaban J connectivity index is 0.000000956. The number of rotatable bonds is 2. The Hall–Kier alpha value is -1.43. The lowest BCUT2D eigenvalue weighted by Crippen LogP contribution is -2.05. The molecule has 0 spiro atoms. The molecule has 20 heavy (non-hydrogen) atoms. The molecule has 0 fully saturated rings. The zero-order valence-corrected chi connectivity index (χ0v) is 12.2. The van der Waals surface area contributed by atoms with Gasteiger partial charge in [0.2, 0.25) is 0 Å². The van der Waals surface area contributed by atoms with Crippen molar-refractivity contribution in [1.29, 1.82) is 0 Å². The molecule has 2 aromatic rings. The largest absolute Gasteiger partial charge is 0.416 e. The number of nitrogens with zero attached hydrogens (tertiary/aromatic N) is 1. The molecule has 0 radical (unpaired) electrons. The van der Waals surface area contributed by atoms with Gasteiger partial charge in [0.1, 0.15) is 5.82 Å². The van der Waals surface area contributed by atoms with Crippen LogP contribution in [-0.4, -0.2) is 4.98 Å². The van der Waals surface area contributed by atoms with Gasteiger partial charge in [-0.25, -0.2) is 9.37 Å². The number of aryl methyl sites for hydroxylation is 1. The minimum Gasteiger partial charge on any atom is -0.241 e. The zero-order chi connectivity index (χ0) is 15.3. The summed E-state index contributed by atoms with van der Waals surface area (Å²) in [6, 6.07) is 2.35. The highest BCUT2D eigenvalue weighted by atomic mass is 32.1. The van der Waals surface area contributed by atoms with Crippen molar-refractivity contribution in [2.45, 2.75) is 33.4 Å². The smallest absolute Gasteiger partial charge is 0.241 e. The first kappa shape index (κ1) is 16.6. The van der Waals surface area contributed by atoms with Crippen LogP contribution in [0.5, 0.6) is 0 Å². The van der Waals surface area contributed by atoms with Gasteiger partial charge in [0.15, 0.2) is 0 Å². The van der Waals surface area contributed by atoms with Crippen molar-refractivity contribution in [2.24, 2.45) is 0 Å². The average molecular weight is 305 g/mol. The standard InChI is InChI=1S/C12H9F4NS.C2H6/c1-2-11-17-10(6-18-11)8-5-7(12(14,15)16)3-4-9(8)13;1-2/h3-6H,2H2,1H3;1-2H3. The van der Waals surface area contributed by atoms with Gasteiger partial charge in [0, 0.05) is 10.9 Å². The Bertz CT molecular complexity index is 561. The van der Waals surface area contributed by atoms with Gasteiger partial charge >= 0.3 is 6.18 Å². The summed E-state index contributed by atoms with van der Waals surface area (Å²) in [5.74, 6) is -0.698. The van der Waals surface area contributed by atoms with E-state index in [1.54, 1.807) is 5.38 Å². The van der Waals surface area contributed by atoms with Crippen LogP contribution < -0.4 is 0 Å². The van der Waals surface area contributed by atoms with E-state index in [4.69, 9.17) is 0 Å². The van der Waals surface area contributed by atoms with Gasteiger partial charge < -0.3 is 0 Å². The van der Waals surface area contributed by atoms with Crippen molar-refractivity contribution in [3.8, 4) is 11.3 Å². The summed E-state index contributed by atoms with van der Waals surface area (Å²) in [6.45, 7) is 5.88. The molecule has 0 saturated heterocycles. The van der Waals surface area contributed by atoms with Crippen molar-refractivity contribution < 1.29 is 17.6 Å². The molecular formula is C14H15F4NS. The van der Waals surface area contributed by atoms with E-state index in [0.717, 1.165) is 23.2 Å². The molecule has 6 heteroatoms. The lowest BCUT2D eigenvalue weighted by molar-refractivity contribution is -0.137. The zero-order valence-electron chi connectivity index (χ0n) is 11.4. The highest BCUT2D eigenvalue weighted by Gasteiger charge is 2.31. The minimum absolute atomic E-state index is 0.110. The topological polar surface area (TPSA) is 12.9 Å². The number of halogens is 4. The summed E-state index contributed by atoms with van der Waals surface area (Å²) in [7, 11) is 0. The molecule has 110 valence electrons. The lowest BCUT2D eigenvalue weighted by Gasteiger charge is -2.08. The van der Waals surface area contributed by atoms with E-state index in [-0.39, 0.29) is 11.3 Å². The quantitative estimate of drug-likeness (QED) is 0.662. The van der Waals surface area contributed by atoms with Crippen LogP contribution in [0.15, 0.2) is 23.6 Å². The molecule has 0 aliphatic carbocycles. The third-order valence-corrected chi connectivity index (χ3v) is 3.42. The van der Waals surface area contributed by atoms with Crippen molar-refractivity contribution in [2.75, 3.05) is 0 Å². The number of aromatic nitrogens is 1. The molecule has 0 atom stereocenters. The van der Waals surface area contributed by atoms with Crippen molar-refractivity contribution in [3.63, 3.8) is 0 Å². The fourth-order valence-corrected chi connectivity index (χ4v) is 2.24. The maximum absolute atomic E-state index is 13.6. The molecule has 0 aliphatic heterocycles. The number of hydrogen-bond donors (Lipinski definition) is 0. The second kappa shape index (κ2) is 6.83. The normalized spacial score (nSPS) is 10.9. The summed E-state index contributed by atoms with van der Waals surface area (Å²) in [5, 5.41) is 2.33. The minimum atomic E-state index is -4.48. The number of alkyl halides is 3. The van der Waals surface area contributed by atoms with E-state index < -0.39 is 17.6 Å². The molecular weight excluding hydrogens is 290 g/mol. The molecule has 1 nitrogen and oxygen atoms in total. The predicted molar refractivity (Wildman–Crippen MR) is 73.2 cm³/mol. The first-order valence-corrected chi connectivity index (χ1v) is 7.11. The second-order valence-electron chi connectivity index (χ2n) is 3.67. The molecule has 0 amide bonds. The number of thiazole rings is 1. The van der Waals surface area contributed by atoms with E-state index in [0.29, 0.717) is 6.42 Å². The fourth-order valence-electron chi connectivity index (χ4n) is 1.49.